The lowest BCUT2D eigenvalue weighted by Crippen LogP contribution is -2.29. The molecule has 1 aromatic carbocycles. The molecule has 1 aliphatic rings. The number of sulfonamides is 1. The van der Waals surface area contributed by atoms with Crippen LogP contribution in [0.2, 0.25) is 0 Å². The first-order chi connectivity index (χ1) is 18.1. The maximum absolute atomic E-state index is 11.8. The maximum atomic E-state index is 11.8. The number of aryl methyl sites for hydroxylation is 2. The minimum atomic E-state index is -3.39. The smallest absolute Gasteiger partial charge is 0.229 e. The number of nitrogens with one attached hydrogen (secondary N) is 2. The van der Waals surface area contributed by atoms with E-state index in [9.17, 15) is 8.42 Å². The van der Waals surface area contributed by atoms with Crippen LogP contribution in [0.15, 0.2) is 73.2 Å². The lowest BCUT2D eigenvalue weighted by Gasteiger charge is -2.29. The first-order valence-electron chi connectivity index (χ1n) is 12.3. The molecule has 0 bridgehead atoms. The molecule has 8 nitrogen and oxygen atoms in total. The maximum Gasteiger partial charge on any atom is 0.229 e. The predicted molar refractivity (Wildman–Crippen MR) is 155 cm³/mol. The summed E-state index contributed by atoms with van der Waals surface area (Å²) in [7, 11) is -3.39. The van der Waals surface area contributed by atoms with Crippen molar-refractivity contribution >= 4 is 38.7 Å². The molecule has 0 spiro atoms. The number of thiocarbonyl (C=S) groups is 1. The van der Waals surface area contributed by atoms with Crippen LogP contribution in [0.3, 0.4) is 0 Å². The van der Waals surface area contributed by atoms with Crippen LogP contribution in [-0.4, -0.2) is 34.3 Å². The third-order valence-electron chi connectivity index (χ3n) is 6.90. The van der Waals surface area contributed by atoms with Crippen LogP contribution in [0.1, 0.15) is 45.9 Å². The van der Waals surface area contributed by atoms with Crippen molar-refractivity contribution < 1.29 is 8.42 Å². The Labute approximate surface area is 228 Å². The Kier molecular flexibility index (Phi) is 6.93. The molecule has 1 aliphatic heterocycles. The van der Waals surface area contributed by atoms with E-state index in [0.717, 1.165) is 46.7 Å². The fourth-order valence-electron chi connectivity index (χ4n) is 5.10. The van der Waals surface area contributed by atoms with Gasteiger partial charge in [-0.05, 0) is 98.2 Å². The first kappa shape index (κ1) is 25.9. The second-order valence-electron chi connectivity index (χ2n) is 9.64. The number of rotatable bonds is 7. The third kappa shape index (κ3) is 5.14. The topological polar surface area (TPSA) is 92.2 Å². The second-order valence-corrected chi connectivity index (χ2v) is 11.8. The predicted octanol–water partition coefficient (Wildman–Crippen LogP) is 4.80. The quantitative estimate of drug-likeness (QED) is 0.322. The van der Waals surface area contributed by atoms with Crippen LogP contribution < -0.4 is 14.9 Å². The van der Waals surface area contributed by atoms with Crippen LogP contribution in [0.25, 0.3) is 0 Å². The van der Waals surface area contributed by atoms with Crippen LogP contribution >= 0.6 is 12.2 Å². The molecule has 1 saturated heterocycles. The zero-order chi connectivity index (χ0) is 27.0. The van der Waals surface area contributed by atoms with Gasteiger partial charge in [0.25, 0.3) is 0 Å². The minimum absolute atomic E-state index is 0.164. The van der Waals surface area contributed by atoms with E-state index in [0.29, 0.717) is 10.8 Å². The molecule has 1 fully saturated rings. The van der Waals surface area contributed by atoms with Crippen molar-refractivity contribution in [2.24, 2.45) is 0 Å². The summed E-state index contributed by atoms with van der Waals surface area (Å²) in [6, 6.07) is 17.5. The number of aromatic nitrogens is 3. The highest BCUT2D eigenvalue weighted by Crippen LogP contribution is 2.44. The van der Waals surface area contributed by atoms with E-state index >= 15 is 0 Å². The molecule has 4 aromatic rings. The number of pyridine rings is 2. The zero-order valence-electron chi connectivity index (χ0n) is 21.7. The van der Waals surface area contributed by atoms with E-state index in [2.05, 4.69) is 49.4 Å². The lowest BCUT2D eigenvalue weighted by atomic mass is 9.96. The number of hydrogen-bond donors (Lipinski definition) is 2. The van der Waals surface area contributed by atoms with Gasteiger partial charge in [-0.2, -0.15) is 0 Å². The van der Waals surface area contributed by atoms with Gasteiger partial charge in [0, 0.05) is 42.2 Å². The summed E-state index contributed by atoms with van der Waals surface area (Å²) in [5.74, 6) is 0. The van der Waals surface area contributed by atoms with Gasteiger partial charge in [0.2, 0.25) is 10.0 Å². The Morgan fingerprint density at radius 2 is 1.79 bits per heavy atom. The van der Waals surface area contributed by atoms with Crippen molar-refractivity contribution in [3.63, 3.8) is 0 Å². The summed E-state index contributed by atoms with van der Waals surface area (Å²) in [5.41, 5.74) is 7.74. The summed E-state index contributed by atoms with van der Waals surface area (Å²) >= 11 is 5.89. The van der Waals surface area contributed by atoms with Crippen molar-refractivity contribution in [3.05, 3.63) is 107 Å². The lowest BCUT2D eigenvalue weighted by molar-refractivity contribution is 0.563. The fourth-order valence-corrected chi connectivity index (χ4v) is 6.08. The van der Waals surface area contributed by atoms with Gasteiger partial charge in [0.1, 0.15) is 0 Å². The summed E-state index contributed by atoms with van der Waals surface area (Å²) in [5, 5.41) is 4.10. The molecule has 0 unspecified atom stereocenters. The van der Waals surface area contributed by atoms with E-state index < -0.39 is 10.0 Å². The summed E-state index contributed by atoms with van der Waals surface area (Å²) in [6.45, 7) is 6.89. The van der Waals surface area contributed by atoms with Gasteiger partial charge in [0.05, 0.1) is 29.7 Å². The first-order valence-corrected chi connectivity index (χ1v) is 14.6. The number of anilines is 2. The highest BCUT2D eigenvalue weighted by molar-refractivity contribution is 7.92. The monoisotopic (exact) mass is 546 g/mol. The molecule has 0 aliphatic carbocycles. The zero-order valence-corrected chi connectivity index (χ0v) is 23.3. The largest absolute Gasteiger partial charge is 0.351 e. The average molecular weight is 547 g/mol. The van der Waals surface area contributed by atoms with Crippen molar-refractivity contribution in [2.45, 2.75) is 39.4 Å². The molecule has 0 saturated carbocycles. The highest BCUT2D eigenvalue weighted by Gasteiger charge is 2.42. The van der Waals surface area contributed by atoms with Crippen LogP contribution in [0.4, 0.5) is 11.4 Å². The molecule has 5 rings (SSSR count). The van der Waals surface area contributed by atoms with Crippen LogP contribution in [0, 0.1) is 20.8 Å². The van der Waals surface area contributed by atoms with Gasteiger partial charge < -0.3 is 14.8 Å². The van der Waals surface area contributed by atoms with Crippen LogP contribution in [-0.2, 0) is 16.6 Å². The molecular formula is C28H30N6O2S2. The number of benzene rings is 1. The molecule has 10 heteroatoms. The summed E-state index contributed by atoms with van der Waals surface area (Å²) in [6.07, 6.45) is 6.57. The summed E-state index contributed by atoms with van der Waals surface area (Å²) in [4.78, 5) is 10.9. The Balaban J connectivity index is 1.60. The van der Waals surface area contributed by atoms with E-state index in [4.69, 9.17) is 12.2 Å². The molecule has 4 heterocycles. The third-order valence-corrected chi connectivity index (χ3v) is 7.81. The Bertz CT molecular complexity index is 1590. The van der Waals surface area contributed by atoms with E-state index in [1.165, 1.54) is 5.56 Å². The van der Waals surface area contributed by atoms with Gasteiger partial charge in [-0.15, -0.1) is 0 Å². The molecule has 3 aromatic heterocycles. The SMILES string of the molecule is Cc1cc(N2C(=S)N[C@H](c3ccccn3)[C@H]2c2cc(C)n(Cc3ccncc3)c2C)ccc1NS(C)(=O)=O. The van der Waals surface area contributed by atoms with Crippen molar-refractivity contribution in [1.29, 1.82) is 0 Å². The Morgan fingerprint density at radius 1 is 1.03 bits per heavy atom. The van der Waals surface area contributed by atoms with E-state index in [-0.39, 0.29) is 12.1 Å². The van der Waals surface area contributed by atoms with Gasteiger partial charge in [-0.1, -0.05) is 6.07 Å². The number of hydrogen-bond acceptors (Lipinski definition) is 5. The van der Waals surface area contributed by atoms with Crippen molar-refractivity contribution in [2.75, 3.05) is 15.9 Å². The van der Waals surface area contributed by atoms with Gasteiger partial charge in [-0.3, -0.25) is 14.7 Å². The van der Waals surface area contributed by atoms with Crippen molar-refractivity contribution in [3.8, 4) is 0 Å². The second kappa shape index (κ2) is 10.2. The molecule has 0 radical (unpaired) electrons. The Hall–Kier alpha value is -3.76. The van der Waals surface area contributed by atoms with Crippen molar-refractivity contribution in [1.82, 2.24) is 19.9 Å². The molecule has 0 amide bonds. The molecule has 196 valence electrons. The Morgan fingerprint density at radius 3 is 2.45 bits per heavy atom. The van der Waals surface area contributed by atoms with Gasteiger partial charge in [0.15, 0.2) is 5.11 Å². The molecule has 2 N–H and O–H groups in total. The minimum Gasteiger partial charge on any atom is -0.351 e. The fraction of sp³-hybridized carbons (Fsp3) is 0.250. The highest BCUT2D eigenvalue weighted by atomic mass is 32.2. The molecule has 38 heavy (non-hydrogen) atoms. The standard InChI is InChI=1S/C28H30N6O2S2/c1-18-15-22(8-9-24(18)32-38(4,35)36)34-27(26(31-28(34)37)25-7-5-6-12-30-25)23-16-19(2)33(20(23)3)17-21-10-13-29-14-11-21/h5-16,26-27,32H,17H2,1-4H3,(H,31,37)/t26-,27-/m1/s1. The van der Waals surface area contributed by atoms with Gasteiger partial charge in [-0.25, -0.2) is 8.42 Å². The van der Waals surface area contributed by atoms with Crippen LogP contribution in [0.5, 0.6) is 0 Å². The van der Waals surface area contributed by atoms with E-state index in [1.807, 2.05) is 61.8 Å². The summed E-state index contributed by atoms with van der Waals surface area (Å²) < 4.78 is 28.5. The average Bonchev–Trinajstić information content (AvgIpc) is 3.36. The van der Waals surface area contributed by atoms with E-state index in [1.54, 1.807) is 12.3 Å². The molecular weight excluding hydrogens is 516 g/mol. The van der Waals surface area contributed by atoms with Gasteiger partial charge >= 0.3 is 0 Å². The normalized spacial score (nSPS) is 17.5. The molecule has 2 atom stereocenters. The number of nitrogens with zero attached hydrogens (tertiary/aromatic N) is 4.